The lowest BCUT2D eigenvalue weighted by atomic mass is 9.98. The normalized spacial score (nSPS) is 10.7. The Labute approximate surface area is 117 Å². The van der Waals surface area contributed by atoms with E-state index in [1.807, 2.05) is 0 Å². The molecule has 104 valence electrons. The van der Waals surface area contributed by atoms with Crippen molar-refractivity contribution >= 4 is 17.1 Å². The summed E-state index contributed by atoms with van der Waals surface area (Å²) in [6, 6.07) is 11.6. The van der Waals surface area contributed by atoms with Crippen LogP contribution in [0.4, 0.5) is 0 Å². The van der Waals surface area contributed by atoms with Gasteiger partial charge in [-0.3, -0.25) is 4.79 Å². The molecule has 1 heterocycles. The second kappa shape index (κ2) is 4.75. The first kappa shape index (κ1) is 12.9. The molecule has 3 aromatic rings. The molecule has 0 radical (unpaired) electrons. The molecule has 6 heteroatoms. The van der Waals surface area contributed by atoms with E-state index in [0.29, 0.717) is 11.1 Å². The second-order valence-electron chi connectivity index (χ2n) is 4.32. The summed E-state index contributed by atoms with van der Waals surface area (Å²) in [5.41, 5.74) is 4.32. The second-order valence-corrected chi connectivity index (χ2v) is 4.32. The smallest absolute Gasteiger partial charge is 0.414 e. The number of hydrogen-bond acceptors (Lipinski definition) is 5. The molecule has 0 bridgehead atoms. The van der Waals surface area contributed by atoms with E-state index in [0.717, 1.165) is 0 Å². The first-order chi connectivity index (χ1) is 10.1. The minimum absolute atomic E-state index is 0.0158. The first-order valence-electron chi connectivity index (χ1n) is 6.04. The van der Waals surface area contributed by atoms with E-state index in [2.05, 4.69) is 0 Å². The van der Waals surface area contributed by atoms with Crippen molar-refractivity contribution in [3.8, 4) is 11.1 Å². The van der Waals surface area contributed by atoms with Crippen molar-refractivity contribution < 1.29 is 13.6 Å². The summed E-state index contributed by atoms with van der Waals surface area (Å²) in [6.45, 7) is 0. The highest BCUT2D eigenvalue weighted by molar-refractivity contribution is 6.06. The lowest BCUT2D eigenvalue weighted by molar-refractivity contribution is 0.100. The zero-order valence-electron chi connectivity index (χ0n) is 10.7. The lowest BCUT2D eigenvalue weighted by Crippen LogP contribution is -2.21. The summed E-state index contributed by atoms with van der Waals surface area (Å²) in [6.07, 6.45) is 0. The molecule has 0 aliphatic heterocycles. The number of hydrogen-bond donors (Lipinski definition) is 1. The highest BCUT2D eigenvalue weighted by Gasteiger charge is 2.18. The minimum atomic E-state index is -1.14. The quantitative estimate of drug-likeness (QED) is 0.718. The number of rotatable bonds is 2. The fourth-order valence-corrected chi connectivity index (χ4v) is 2.12. The van der Waals surface area contributed by atoms with Gasteiger partial charge in [0.25, 0.3) is 0 Å². The summed E-state index contributed by atoms with van der Waals surface area (Å²) < 4.78 is 9.87. The summed E-state index contributed by atoms with van der Waals surface area (Å²) in [4.78, 5) is 34.2. The molecule has 2 N–H and O–H groups in total. The van der Waals surface area contributed by atoms with E-state index < -0.39 is 17.2 Å². The van der Waals surface area contributed by atoms with Crippen molar-refractivity contribution in [2.75, 3.05) is 0 Å². The molecular weight excluding hydrogens is 274 g/mol. The van der Waals surface area contributed by atoms with Gasteiger partial charge in [-0.2, -0.15) is 0 Å². The molecule has 21 heavy (non-hydrogen) atoms. The van der Waals surface area contributed by atoms with Crippen LogP contribution in [-0.4, -0.2) is 5.91 Å². The number of benzene rings is 2. The molecular formula is C15H9NO5. The standard InChI is InChI=1S/C15H9NO5/c16-13(17)9-6-7-10-12(21-15(19)14(18)20-10)11(9)8-4-2-1-3-5-8/h1-7H,(H2,16,17). The number of amides is 1. The van der Waals surface area contributed by atoms with Crippen molar-refractivity contribution in [3.05, 3.63) is 68.9 Å². The fraction of sp³-hybridized carbons (Fsp3) is 0. The van der Waals surface area contributed by atoms with Crippen LogP contribution in [0, 0.1) is 0 Å². The van der Waals surface area contributed by atoms with Crippen LogP contribution in [0.25, 0.3) is 22.3 Å². The molecule has 0 aliphatic rings. The maximum Gasteiger partial charge on any atom is 0.423 e. The number of nitrogens with two attached hydrogens (primary N) is 1. The Hall–Kier alpha value is -3.15. The zero-order valence-corrected chi connectivity index (χ0v) is 10.7. The summed E-state index contributed by atoms with van der Waals surface area (Å²) >= 11 is 0. The van der Waals surface area contributed by atoms with Crippen LogP contribution in [0.3, 0.4) is 0 Å². The molecule has 1 aromatic heterocycles. The van der Waals surface area contributed by atoms with Gasteiger partial charge in [-0.25, -0.2) is 9.59 Å². The Morgan fingerprint density at radius 1 is 0.905 bits per heavy atom. The predicted octanol–water partition coefficient (Wildman–Crippen LogP) is 1.51. The number of fused-ring (bicyclic) bond motifs is 1. The Bertz CT molecular complexity index is 953. The van der Waals surface area contributed by atoms with E-state index >= 15 is 0 Å². The molecule has 3 rings (SSSR count). The van der Waals surface area contributed by atoms with Gasteiger partial charge in [0, 0.05) is 5.56 Å². The number of carbonyl (C=O) groups excluding carboxylic acids is 1. The van der Waals surface area contributed by atoms with Gasteiger partial charge in [-0.1, -0.05) is 30.3 Å². The molecule has 2 aromatic carbocycles. The highest BCUT2D eigenvalue weighted by Crippen LogP contribution is 2.30. The lowest BCUT2D eigenvalue weighted by Gasteiger charge is -2.08. The Kier molecular flexibility index (Phi) is 2.91. The van der Waals surface area contributed by atoms with Crippen molar-refractivity contribution in [2.24, 2.45) is 5.73 Å². The van der Waals surface area contributed by atoms with Crippen molar-refractivity contribution in [3.63, 3.8) is 0 Å². The summed E-state index contributed by atoms with van der Waals surface area (Å²) in [5, 5.41) is 0. The minimum Gasteiger partial charge on any atom is -0.414 e. The SMILES string of the molecule is NC(=O)c1ccc2oc(=O)c(=O)oc2c1-c1ccccc1. The van der Waals surface area contributed by atoms with Gasteiger partial charge in [0.15, 0.2) is 11.2 Å². The number of carbonyl (C=O) groups is 1. The molecule has 0 aliphatic carbocycles. The molecule has 6 nitrogen and oxygen atoms in total. The van der Waals surface area contributed by atoms with Crippen LogP contribution in [0.5, 0.6) is 0 Å². The van der Waals surface area contributed by atoms with Crippen LogP contribution < -0.4 is 17.0 Å². The largest absolute Gasteiger partial charge is 0.423 e. The van der Waals surface area contributed by atoms with E-state index in [1.165, 1.54) is 12.1 Å². The molecule has 0 saturated carbocycles. The van der Waals surface area contributed by atoms with Crippen LogP contribution in [-0.2, 0) is 0 Å². The third-order valence-electron chi connectivity index (χ3n) is 3.01. The van der Waals surface area contributed by atoms with Gasteiger partial charge in [-0.15, -0.1) is 0 Å². The molecule has 0 fully saturated rings. The molecule has 1 amide bonds. The topological polar surface area (TPSA) is 104 Å². The molecule has 0 saturated heterocycles. The van der Waals surface area contributed by atoms with Gasteiger partial charge < -0.3 is 14.6 Å². The fourth-order valence-electron chi connectivity index (χ4n) is 2.12. The van der Waals surface area contributed by atoms with Gasteiger partial charge in [0.1, 0.15) is 0 Å². The van der Waals surface area contributed by atoms with Crippen LogP contribution in [0.2, 0.25) is 0 Å². The monoisotopic (exact) mass is 283 g/mol. The van der Waals surface area contributed by atoms with Crippen molar-refractivity contribution in [1.82, 2.24) is 0 Å². The van der Waals surface area contributed by atoms with Crippen molar-refractivity contribution in [2.45, 2.75) is 0 Å². The average molecular weight is 283 g/mol. The summed E-state index contributed by atoms with van der Waals surface area (Å²) in [5.74, 6) is -0.676. The van der Waals surface area contributed by atoms with Gasteiger partial charge in [0.05, 0.1) is 5.56 Å². The molecule has 0 unspecified atom stereocenters. The first-order valence-corrected chi connectivity index (χ1v) is 6.04. The summed E-state index contributed by atoms with van der Waals surface area (Å²) in [7, 11) is 0. The predicted molar refractivity (Wildman–Crippen MR) is 75.0 cm³/mol. The van der Waals surface area contributed by atoms with Crippen LogP contribution in [0.15, 0.2) is 60.9 Å². The molecule has 0 spiro atoms. The van der Waals surface area contributed by atoms with E-state index in [-0.39, 0.29) is 16.7 Å². The Balaban J connectivity index is 2.51. The van der Waals surface area contributed by atoms with Gasteiger partial charge >= 0.3 is 11.3 Å². The van der Waals surface area contributed by atoms with E-state index in [1.54, 1.807) is 30.3 Å². The highest BCUT2D eigenvalue weighted by atomic mass is 16.5. The van der Waals surface area contributed by atoms with Gasteiger partial charge in [-0.05, 0) is 17.7 Å². The van der Waals surface area contributed by atoms with Crippen molar-refractivity contribution in [1.29, 1.82) is 0 Å². The van der Waals surface area contributed by atoms with Crippen LogP contribution >= 0.6 is 0 Å². The number of primary amides is 1. The third kappa shape index (κ3) is 2.12. The maximum absolute atomic E-state index is 11.6. The Morgan fingerprint density at radius 2 is 1.57 bits per heavy atom. The Morgan fingerprint density at radius 3 is 2.24 bits per heavy atom. The maximum atomic E-state index is 11.6. The van der Waals surface area contributed by atoms with Gasteiger partial charge in [0.2, 0.25) is 5.91 Å². The van der Waals surface area contributed by atoms with E-state index in [9.17, 15) is 14.4 Å². The molecule has 0 atom stereocenters. The third-order valence-corrected chi connectivity index (χ3v) is 3.01. The zero-order chi connectivity index (χ0) is 15.0. The van der Waals surface area contributed by atoms with E-state index in [4.69, 9.17) is 14.6 Å². The average Bonchev–Trinajstić information content (AvgIpc) is 2.48. The van der Waals surface area contributed by atoms with Crippen LogP contribution in [0.1, 0.15) is 10.4 Å².